The highest BCUT2D eigenvalue weighted by molar-refractivity contribution is 5.89. The van der Waals surface area contributed by atoms with E-state index in [9.17, 15) is 14.7 Å². The van der Waals surface area contributed by atoms with Gasteiger partial charge in [-0.1, -0.05) is 0 Å². The Morgan fingerprint density at radius 3 is 1.93 bits per heavy atom. The molecule has 0 aliphatic rings. The normalized spacial score (nSPS) is 16.1. The first-order valence-electron chi connectivity index (χ1n) is 4.32. The number of carboxylic acid groups (broad SMARTS) is 1. The Labute approximate surface area is 83.5 Å². The summed E-state index contributed by atoms with van der Waals surface area (Å²) in [4.78, 5) is 21.6. The molecular weight excluding hydrogens is 185 g/mol. The van der Waals surface area contributed by atoms with Gasteiger partial charge in [-0.2, -0.15) is 0 Å². The molecule has 0 heterocycles. The summed E-state index contributed by atoms with van der Waals surface area (Å²) in [6, 6.07) is 0. The molecule has 14 heavy (non-hydrogen) atoms. The lowest BCUT2D eigenvalue weighted by Crippen LogP contribution is -2.54. The van der Waals surface area contributed by atoms with Gasteiger partial charge in [0.15, 0.2) is 11.4 Å². The van der Waals surface area contributed by atoms with Crippen LogP contribution in [-0.4, -0.2) is 59.7 Å². The average molecular weight is 203 g/mol. The van der Waals surface area contributed by atoms with E-state index in [0.717, 1.165) is 0 Å². The number of ketones is 1. The number of aliphatic hydroxyl groups is 1. The molecular formula is C9H18NO4+. The van der Waals surface area contributed by atoms with Crippen molar-refractivity contribution < 1.29 is 24.3 Å². The predicted octanol–water partition coefficient (Wildman–Crippen LogP) is -0.513. The lowest BCUT2D eigenvalue weighted by Gasteiger charge is -2.32. The second-order valence-electron chi connectivity index (χ2n) is 4.61. The number of nitrogens with zero attached hydrogens (tertiary/aromatic N) is 1. The molecule has 5 heteroatoms. The van der Waals surface area contributed by atoms with Crippen LogP contribution in [0.1, 0.15) is 13.3 Å². The third kappa shape index (κ3) is 4.34. The third-order valence-electron chi connectivity index (χ3n) is 1.83. The van der Waals surface area contributed by atoms with Gasteiger partial charge < -0.3 is 14.7 Å². The first-order valence-corrected chi connectivity index (χ1v) is 4.32. The molecule has 82 valence electrons. The van der Waals surface area contributed by atoms with Crippen LogP contribution < -0.4 is 0 Å². The predicted molar refractivity (Wildman–Crippen MR) is 50.8 cm³/mol. The minimum atomic E-state index is -1.76. The molecule has 0 saturated carbocycles. The largest absolute Gasteiger partial charge is 0.481 e. The van der Waals surface area contributed by atoms with Crippen LogP contribution in [0.5, 0.6) is 0 Å². The molecule has 0 spiro atoms. The molecule has 0 amide bonds. The van der Waals surface area contributed by atoms with E-state index in [1.54, 1.807) is 21.1 Å². The van der Waals surface area contributed by atoms with Gasteiger partial charge in [-0.15, -0.1) is 0 Å². The van der Waals surface area contributed by atoms with Gasteiger partial charge in [0, 0.05) is 0 Å². The number of carbonyl (C=O) groups excluding carboxylic acids is 1. The molecule has 0 aromatic heterocycles. The molecule has 0 rings (SSSR count). The molecule has 5 nitrogen and oxygen atoms in total. The summed E-state index contributed by atoms with van der Waals surface area (Å²) in [5.41, 5.74) is -1.76. The second kappa shape index (κ2) is 4.06. The topological polar surface area (TPSA) is 74.6 Å². The fraction of sp³-hybridized carbons (Fsp3) is 0.778. The van der Waals surface area contributed by atoms with Crippen LogP contribution in [-0.2, 0) is 9.59 Å². The number of Topliss-reactive ketones (excluding diaryl/α,β-unsaturated/α-hetero) is 1. The highest BCUT2D eigenvalue weighted by Crippen LogP contribution is 2.15. The van der Waals surface area contributed by atoms with Crippen LogP contribution in [0.3, 0.4) is 0 Å². The zero-order chi connectivity index (χ0) is 11.6. The van der Waals surface area contributed by atoms with E-state index in [2.05, 4.69) is 0 Å². The maximum atomic E-state index is 11.2. The Kier molecular flexibility index (Phi) is 3.79. The minimum absolute atomic E-state index is 0.0919. The van der Waals surface area contributed by atoms with E-state index in [4.69, 9.17) is 5.11 Å². The fourth-order valence-electron chi connectivity index (χ4n) is 1.33. The maximum Gasteiger partial charge on any atom is 0.306 e. The van der Waals surface area contributed by atoms with Crippen LogP contribution in [0.15, 0.2) is 0 Å². The summed E-state index contributed by atoms with van der Waals surface area (Å²) in [7, 11) is 5.36. The molecule has 0 fully saturated rings. The molecule has 2 N–H and O–H groups in total. The van der Waals surface area contributed by atoms with Crippen molar-refractivity contribution in [3.8, 4) is 0 Å². The molecule has 1 atom stereocenters. The van der Waals surface area contributed by atoms with Gasteiger partial charge in [-0.3, -0.25) is 9.59 Å². The number of quaternary nitrogens is 1. The van der Waals surface area contributed by atoms with Crippen molar-refractivity contribution >= 4 is 11.8 Å². The molecule has 0 bridgehead atoms. The van der Waals surface area contributed by atoms with Gasteiger partial charge in [0.2, 0.25) is 0 Å². The summed E-state index contributed by atoms with van der Waals surface area (Å²) in [5, 5.41) is 18.4. The molecule has 0 aliphatic carbocycles. The lowest BCUT2D eigenvalue weighted by molar-refractivity contribution is -0.875. The Morgan fingerprint density at radius 1 is 1.29 bits per heavy atom. The molecule has 1 unspecified atom stereocenters. The van der Waals surface area contributed by atoms with E-state index >= 15 is 0 Å². The van der Waals surface area contributed by atoms with Crippen molar-refractivity contribution in [3.63, 3.8) is 0 Å². The van der Waals surface area contributed by atoms with Gasteiger partial charge in [0.1, 0.15) is 6.54 Å². The zero-order valence-electron chi connectivity index (χ0n) is 9.07. The molecule has 0 saturated heterocycles. The number of hydrogen-bond donors (Lipinski definition) is 2. The number of aliphatic carboxylic acids is 1. The monoisotopic (exact) mass is 203 g/mol. The molecule has 0 aliphatic heterocycles. The van der Waals surface area contributed by atoms with E-state index in [1.807, 2.05) is 0 Å². The van der Waals surface area contributed by atoms with Gasteiger partial charge in [-0.05, 0) is 6.92 Å². The number of carboxylic acids is 1. The van der Waals surface area contributed by atoms with Crippen LogP contribution in [0.25, 0.3) is 0 Å². The van der Waals surface area contributed by atoms with Crippen molar-refractivity contribution in [2.45, 2.75) is 18.9 Å². The lowest BCUT2D eigenvalue weighted by atomic mass is 9.66. The van der Waals surface area contributed by atoms with E-state index in [0.29, 0.717) is 4.48 Å². The summed E-state index contributed by atoms with van der Waals surface area (Å²) < 4.78 is 0.337. The number of likely N-dealkylation sites (N-methyl/N-ethyl adjacent to an activating group) is 1. The van der Waals surface area contributed by atoms with Crippen molar-refractivity contribution in [2.75, 3.05) is 27.7 Å². The Balaban J connectivity index is 4.73. The van der Waals surface area contributed by atoms with Crippen molar-refractivity contribution in [1.29, 1.82) is 0 Å². The van der Waals surface area contributed by atoms with E-state index in [1.165, 1.54) is 6.92 Å². The van der Waals surface area contributed by atoms with Gasteiger partial charge in [0.05, 0.1) is 27.6 Å². The van der Waals surface area contributed by atoms with Crippen molar-refractivity contribution in [3.05, 3.63) is 0 Å². The third-order valence-corrected chi connectivity index (χ3v) is 1.83. The average Bonchev–Trinajstić information content (AvgIpc) is 1.79. The minimum Gasteiger partial charge on any atom is -0.481 e. The van der Waals surface area contributed by atoms with Crippen molar-refractivity contribution in [1.82, 2.24) is 0 Å². The Morgan fingerprint density at radius 2 is 1.71 bits per heavy atom. The van der Waals surface area contributed by atoms with Gasteiger partial charge in [0.25, 0.3) is 0 Å². The number of rotatable bonds is 5. The number of carbonyl (C=O) groups is 2. The highest BCUT2D eigenvalue weighted by Gasteiger charge is 2.40. The van der Waals surface area contributed by atoms with Crippen molar-refractivity contribution in [2.24, 2.45) is 0 Å². The standard InChI is InChI=1S/C9H17NO4/c1-7(11)9(14,5-8(12)13)6-10(2,3)4/h14H,5-6H2,1-4H3/p+1/i7-1. The summed E-state index contributed by atoms with van der Waals surface area (Å²) >= 11 is 0. The first-order chi connectivity index (χ1) is 6.07. The summed E-state index contributed by atoms with van der Waals surface area (Å²) in [6.45, 7) is 1.30. The first kappa shape index (κ1) is 13.1. The van der Waals surface area contributed by atoms with Gasteiger partial charge >= 0.3 is 5.97 Å². The second-order valence-corrected chi connectivity index (χ2v) is 4.61. The summed E-state index contributed by atoms with van der Waals surface area (Å²) in [5.74, 6) is -1.68. The van der Waals surface area contributed by atoms with Crippen LogP contribution in [0.2, 0.25) is 0 Å². The maximum absolute atomic E-state index is 11.2. The highest BCUT2D eigenvalue weighted by atomic mass is 16.4. The Bertz CT molecular complexity index is 244. The SMILES string of the molecule is C[11C](=O)C(O)(CC(=O)O)C[N+](C)(C)C. The zero-order valence-corrected chi connectivity index (χ0v) is 9.07. The summed E-state index contributed by atoms with van der Waals surface area (Å²) in [6.07, 6.45) is -0.544. The molecule has 0 radical (unpaired) electrons. The van der Waals surface area contributed by atoms with E-state index < -0.39 is 23.8 Å². The molecule has 0 aromatic carbocycles. The Hall–Kier alpha value is -0.940. The van der Waals surface area contributed by atoms with Crippen LogP contribution in [0.4, 0.5) is 0 Å². The smallest absolute Gasteiger partial charge is 0.306 e. The molecule has 0 aromatic rings. The fourth-order valence-corrected chi connectivity index (χ4v) is 1.33. The van der Waals surface area contributed by atoms with Gasteiger partial charge in [-0.25, -0.2) is 0 Å². The van der Waals surface area contributed by atoms with Crippen LogP contribution >= 0.6 is 0 Å². The quantitative estimate of drug-likeness (QED) is 0.590. The van der Waals surface area contributed by atoms with Crippen LogP contribution in [0, 0.1) is 0 Å². The van der Waals surface area contributed by atoms with E-state index in [-0.39, 0.29) is 6.54 Å². The number of hydrogen-bond acceptors (Lipinski definition) is 3.